The Kier molecular flexibility index (Phi) is 4.77. The summed E-state index contributed by atoms with van der Waals surface area (Å²) in [5.41, 5.74) is 3.23. The molecule has 0 unspecified atom stereocenters. The molecule has 0 radical (unpaired) electrons. The van der Waals surface area contributed by atoms with Crippen LogP contribution in [0.1, 0.15) is 18.1 Å². The maximum Gasteiger partial charge on any atom is 0.161 e. The Morgan fingerprint density at radius 2 is 1.65 bits per heavy atom. The van der Waals surface area contributed by atoms with Crippen molar-refractivity contribution in [3.8, 4) is 11.5 Å². The number of hydrogen-bond donors (Lipinski definition) is 0. The molecule has 0 aliphatic carbocycles. The van der Waals surface area contributed by atoms with Crippen LogP contribution in [0.4, 0.5) is 5.69 Å². The lowest BCUT2D eigenvalue weighted by Crippen LogP contribution is -1.91. The Morgan fingerprint density at radius 1 is 0.950 bits per heavy atom. The molecule has 0 N–H and O–H groups in total. The van der Waals surface area contributed by atoms with Crippen LogP contribution in [0, 0.1) is 0 Å². The van der Waals surface area contributed by atoms with E-state index >= 15 is 0 Å². The summed E-state index contributed by atoms with van der Waals surface area (Å²) in [6.45, 7) is 2.14. The van der Waals surface area contributed by atoms with E-state index in [9.17, 15) is 0 Å². The van der Waals surface area contributed by atoms with Crippen LogP contribution < -0.4 is 9.47 Å². The fourth-order valence-electron chi connectivity index (χ4n) is 1.90. The topological polar surface area (TPSA) is 30.8 Å². The van der Waals surface area contributed by atoms with Crippen molar-refractivity contribution in [2.24, 2.45) is 4.99 Å². The second-order valence-corrected chi connectivity index (χ2v) is 4.39. The van der Waals surface area contributed by atoms with E-state index in [-0.39, 0.29) is 0 Å². The minimum Gasteiger partial charge on any atom is -0.493 e. The van der Waals surface area contributed by atoms with Crippen LogP contribution in [0.5, 0.6) is 11.5 Å². The first-order valence-electron chi connectivity index (χ1n) is 6.62. The monoisotopic (exact) mass is 269 g/mol. The summed E-state index contributed by atoms with van der Waals surface area (Å²) < 4.78 is 10.5. The second-order valence-electron chi connectivity index (χ2n) is 4.39. The van der Waals surface area contributed by atoms with Crippen LogP contribution in [0.25, 0.3) is 0 Å². The fraction of sp³-hybridized carbons (Fsp3) is 0.235. The predicted molar refractivity (Wildman–Crippen MR) is 82.6 cm³/mol. The van der Waals surface area contributed by atoms with E-state index in [0.29, 0.717) is 5.75 Å². The highest BCUT2D eigenvalue weighted by molar-refractivity contribution is 5.83. The summed E-state index contributed by atoms with van der Waals surface area (Å²) in [6.07, 6.45) is 2.86. The maximum atomic E-state index is 5.27. The highest BCUT2D eigenvalue weighted by Crippen LogP contribution is 2.27. The molecule has 0 saturated heterocycles. The van der Waals surface area contributed by atoms with Crippen molar-refractivity contribution >= 4 is 11.9 Å². The van der Waals surface area contributed by atoms with E-state index in [4.69, 9.17) is 9.47 Å². The zero-order chi connectivity index (χ0) is 14.4. The van der Waals surface area contributed by atoms with Crippen molar-refractivity contribution < 1.29 is 9.47 Å². The van der Waals surface area contributed by atoms with Gasteiger partial charge in [0.25, 0.3) is 0 Å². The zero-order valence-corrected chi connectivity index (χ0v) is 12.1. The summed E-state index contributed by atoms with van der Waals surface area (Å²) in [7, 11) is 3.25. The molecule has 0 saturated carbocycles. The van der Waals surface area contributed by atoms with Gasteiger partial charge in [-0.1, -0.05) is 19.1 Å². The summed E-state index contributed by atoms with van der Waals surface area (Å²) in [4.78, 5) is 4.46. The molecule has 104 valence electrons. The molecule has 3 heteroatoms. The summed E-state index contributed by atoms with van der Waals surface area (Å²) in [5.74, 6) is 1.43. The number of nitrogens with zero attached hydrogens (tertiary/aromatic N) is 1. The number of hydrogen-bond acceptors (Lipinski definition) is 3. The molecule has 0 aliphatic rings. The molecule has 0 aliphatic heterocycles. The zero-order valence-electron chi connectivity index (χ0n) is 12.1. The fourth-order valence-corrected chi connectivity index (χ4v) is 1.90. The van der Waals surface area contributed by atoms with Crippen molar-refractivity contribution in [3.63, 3.8) is 0 Å². The molecular formula is C17H19NO2. The van der Waals surface area contributed by atoms with E-state index in [2.05, 4.69) is 24.0 Å². The number of aryl methyl sites for hydroxylation is 1. The average molecular weight is 269 g/mol. The van der Waals surface area contributed by atoms with Crippen LogP contribution in [0.15, 0.2) is 47.5 Å². The lowest BCUT2D eigenvalue weighted by molar-refractivity contribution is 0.355. The molecule has 0 amide bonds. The number of methoxy groups -OCH3 is 2. The quantitative estimate of drug-likeness (QED) is 0.768. The molecule has 2 aromatic rings. The average Bonchev–Trinajstić information content (AvgIpc) is 2.53. The van der Waals surface area contributed by atoms with Gasteiger partial charge in [-0.05, 0) is 47.9 Å². The first-order valence-corrected chi connectivity index (χ1v) is 6.62. The first kappa shape index (κ1) is 14.1. The van der Waals surface area contributed by atoms with Gasteiger partial charge in [0, 0.05) is 6.21 Å². The Balaban J connectivity index is 2.17. The largest absolute Gasteiger partial charge is 0.493 e. The second kappa shape index (κ2) is 6.75. The molecule has 0 bridgehead atoms. The lowest BCUT2D eigenvalue weighted by Gasteiger charge is -2.07. The van der Waals surface area contributed by atoms with Gasteiger partial charge in [0.1, 0.15) is 0 Å². The number of benzene rings is 2. The minimum atomic E-state index is 0.706. The summed E-state index contributed by atoms with van der Waals surface area (Å²) in [6, 6.07) is 14.0. The molecule has 2 rings (SSSR count). The van der Waals surface area contributed by atoms with E-state index in [0.717, 1.165) is 23.4 Å². The van der Waals surface area contributed by atoms with Crippen LogP contribution in [-0.2, 0) is 6.42 Å². The molecule has 0 heterocycles. The third-order valence-electron chi connectivity index (χ3n) is 3.11. The minimum absolute atomic E-state index is 0.706. The number of ether oxygens (including phenoxy) is 2. The Labute approximate surface area is 119 Å². The lowest BCUT2D eigenvalue weighted by atomic mass is 10.1. The third-order valence-corrected chi connectivity index (χ3v) is 3.11. The van der Waals surface area contributed by atoms with Gasteiger partial charge in [0.2, 0.25) is 0 Å². The number of rotatable bonds is 5. The molecule has 0 aromatic heterocycles. The van der Waals surface area contributed by atoms with Gasteiger partial charge in [0.15, 0.2) is 11.5 Å². The highest BCUT2D eigenvalue weighted by atomic mass is 16.5. The molecular weight excluding hydrogens is 250 g/mol. The van der Waals surface area contributed by atoms with Gasteiger partial charge in [-0.25, -0.2) is 0 Å². The molecule has 0 fully saturated rings. The van der Waals surface area contributed by atoms with E-state index in [1.54, 1.807) is 14.2 Å². The summed E-state index contributed by atoms with van der Waals surface area (Å²) in [5, 5.41) is 0. The Bertz CT molecular complexity index is 588. The van der Waals surface area contributed by atoms with Crippen molar-refractivity contribution in [1.29, 1.82) is 0 Å². The van der Waals surface area contributed by atoms with Gasteiger partial charge in [0.05, 0.1) is 19.9 Å². The molecule has 0 spiro atoms. The summed E-state index contributed by atoms with van der Waals surface area (Å²) >= 11 is 0. The van der Waals surface area contributed by atoms with Gasteiger partial charge in [-0.15, -0.1) is 0 Å². The van der Waals surface area contributed by atoms with E-state index in [1.165, 1.54) is 5.56 Å². The normalized spacial score (nSPS) is 10.8. The smallest absolute Gasteiger partial charge is 0.161 e. The van der Waals surface area contributed by atoms with E-state index < -0.39 is 0 Å². The van der Waals surface area contributed by atoms with Crippen molar-refractivity contribution in [3.05, 3.63) is 53.6 Å². The van der Waals surface area contributed by atoms with Crippen LogP contribution in [-0.4, -0.2) is 20.4 Å². The SMILES string of the molecule is CCc1ccc(N=Cc2ccc(OC)c(OC)c2)cc1. The van der Waals surface area contributed by atoms with Crippen molar-refractivity contribution in [2.75, 3.05) is 14.2 Å². The molecule has 20 heavy (non-hydrogen) atoms. The van der Waals surface area contributed by atoms with Gasteiger partial charge in [-0.3, -0.25) is 4.99 Å². The van der Waals surface area contributed by atoms with Crippen molar-refractivity contribution in [2.45, 2.75) is 13.3 Å². The van der Waals surface area contributed by atoms with E-state index in [1.807, 2.05) is 36.5 Å². The first-order chi connectivity index (χ1) is 9.76. The Morgan fingerprint density at radius 3 is 2.25 bits per heavy atom. The van der Waals surface area contributed by atoms with Crippen LogP contribution >= 0.6 is 0 Å². The van der Waals surface area contributed by atoms with Gasteiger partial charge >= 0.3 is 0 Å². The third kappa shape index (κ3) is 3.38. The van der Waals surface area contributed by atoms with Crippen LogP contribution in [0.2, 0.25) is 0 Å². The van der Waals surface area contributed by atoms with Crippen molar-refractivity contribution in [1.82, 2.24) is 0 Å². The standard InChI is InChI=1S/C17H19NO2/c1-4-13-5-8-15(9-6-13)18-12-14-7-10-16(19-2)17(11-14)20-3/h5-12H,4H2,1-3H3. The maximum absolute atomic E-state index is 5.27. The molecule has 0 atom stereocenters. The predicted octanol–water partition coefficient (Wildman–Crippen LogP) is 4.02. The molecule has 3 nitrogen and oxygen atoms in total. The van der Waals surface area contributed by atoms with Gasteiger partial charge in [-0.2, -0.15) is 0 Å². The number of aliphatic imine (C=N–C) groups is 1. The molecule has 2 aromatic carbocycles. The van der Waals surface area contributed by atoms with Crippen LogP contribution in [0.3, 0.4) is 0 Å². The Hall–Kier alpha value is -2.29. The highest BCUT2D eigenvalue weighted by Gasteiger charge is 2.02. The van der Waals surface area contributed by atoms with Gasteiger partial charge < -0.3 is 9.47 Å².